The average molecular weight is 354 g/mol. The Morgan fingerprint density at radius 1 is 1.21 bits per heavy atom. The van der Waals surface area contributed by atoms with E-state index in [1.807, 2.05) is 11.8 Å². The Bertz CT molecular complexity index is 692. The number of likely N-dealkylation sites (tertiary alicyclic amines) is 1. The molecular formula is C16H26N4O3S. The van der Waals surface area contributed by atoms with Crippen LogP contribution in [0.3, 0.4) is 0 Å². The highest BCUT2D eigenvalue weighted by Gasteiger charge is 2.35. The molecule has 24 heavy (non-hydrogen) atoms. The maximum absolute atomic E-state index is 12.7. The van der Waals surface area contributed by atoms with Gasteiger partial charge in [-0.05, 0) is 44.1 Å². The van der Waals surface area contributed by atoms with Crippen LogP contribution in [-0.4, -0.2) is 65.7 Å². The summed E-state index contributed by atoms with van der Waals surface area (Å²) < 4.78 is 26.5. The van der Waals surface area contributed by atoms with Crippen LogP contribution in [0.1, 0.15) is 36.7 Å². The van der Waals surface area contributed by atoms with Crippen LogP contribution in [0.2, 0.25) is 0 Å². The van der Waals surface area contributed by atoms with Gasteiger partial charge in [-0.1, -0.05) is 0 Å². The van der Waals surface area contributed by atoms with Gasteiger partial charge in [0.25, 0.3) is 5.91 Å². The molecule has 8 heteroatoms. The fraction of sp³-hybridized carbons (Fsp3) is 0.750. The highest BCUT2D eigenvalue weighted by atomic mass is 32.2. The van der Waals surface area contributed by atoms with Gasteiger partial charge in [0.05, 0.1) is 6.26 Å². The first-order chi connectivity index (χ1) is 11.4. The topological polar surface area (TPSA) is 75.5 Å². The Kier molecular flexibility index (Phi) is 4.96. The second kappa shape index (κ2) is 6.84. The molecule has 2 saturated heterocycles. The van der Waals surface area contributed by atoms with Gasteiger partial charge in [-0.15, -0.1) is 0 Å². The summed E-state index contributed by atoms with van der Waals surface area (Å²) in [5.41, 5.74) is 0.657. The van der Waals surface area contributed by atoms with Crippen molar-refractivity contribution in [3.05, 3.63) is 18.0 Å². The number of sulfonamides is 1. The minimum atomic E-state index is -3.08. The van der Waals surface area contributed by atoms with Crippen LogP contribution in [0.4, 0.5) is 0 Å². The van der Waals surface area contributed by atoms with E-state index in [-0.39, 0.29) is 5.91 Å². The second-order valence-corrected chi connectivity index (χ2v) is 8.81. The predicted molar refractivity (Wildman–Crippen MR) is 91.1 cm³/mol. The van der Waals surface area contributed by atoms with E-state index in [0.29, 0.717) is 37.2 Å². The molecule has 2 fully saturated rings. The Hall–Kier alpha value is -1.41. The van der Waals surface area contributed by atoms with Crippen molar-refractivity contribution in [2.45, 2.75) is 32.7 Å². The molecule has 0 bridgehead atoms. The fourth-order valence-electron chi connectivity index (χ4n) is 3.96. The van der Waals surface area contributed by atoms with Crippen LogP contribution in [0.25, 0.3) is 0 Å². The van der Waals surface area contributed by atoms with E-state index in [1.165, 1.54) is 6.26 Å². The molecule has 134 valence electrons. The van der Waals surface area contributed by atoms with Crippen molar-refractivity contribution in [3.8, 4) is 0 Å². The predicted octanol–water partition coefficient (Wildman–Crippen LogP) is 1.04. The lowest BCUT2D eigenvalue weighted by Crippen LogP contribution is -2.40. The van der Waals surface area contributed by atoms with Crippen molar-refractivity contribution in [3.63, 3.8) is 0 Å². The number of rotatable bonds is 4. The summed E-state index contributed by atoms with van der Waals surface area (Å²) in [7, 11) is -3.08. The molecule has 7 nitrogen and oxygen atoms in total. The number of nitrogens with zero attached hydrogens (tertiary/aromatic N) is 4. The molecule has 2 aliphatic heterocycles. The molecule has 0 saturated carbocycles. The minimum Gasteiger partial charge on any atom is -0.337 e. The zero-order valence-electron chi connectivity index (χ0n) is 14.4. The molecule has 0 radical (unpaired) electrons. The van der Waals surface area contributed by atoms with E-state index in [0.717, 1.165) is 32.4 Å². The quantitative estimate of drug-likeness (QED) is 0.809. The van der Waals surface area contributed by atoms with Crippen LogP contribution < -0.4 is 0 Å². The Balaban J connectivity index is 1.57. The molecular weight excluding hydrogens is 328 g/mol. The molecule has 0 N–H and O–H groups in total. The summed E-state index contributed by atoms with van der Waals surface area (Å²) in [5, 5.41) is 4.17. The van der Waals surface area contributed by atoms with Gasteiger partial charge in [-0.25, -0.2) is 12.7 Å². The van der Waals surface area contributed by atoms with Crippen LogP contribution >= 0.6 is 0 Å². The summed E-state index contributed by atoms with van der Waals surface area (Å²) in [5.74, 6) is 1.05. The van der Waals surface area contributed by atoms with Crippen LogP contribution in [-0.2, 0) is 16.6 Å². The van der Waals surface area contributed by atoms with Gasteiger partial charge >= 0.3 is 0 Å². The smallest absolute Gasteiger partial charge is 0.272 e. The Morgan fingerprint density at radius 3 is 2.50 bits per heavy atom. The standard InChI is InChI=1S/C16H26N4O3S/c1-3-20-15(4-8-17-20)16(21)18-9-5-14(12-18)13-6-10-19(11-7-13)24(2,22)23/h4,8,13-14H,3,5-7,9-12H2,1-2H3. The molecule has 3 rings (SSSR count). The first-order valence-corrected chi connectivity index (χ1v) is 10.5. The van der Waals surface area contributed by atoms with Gasteiger partial charge in [0, 0.05) is 38.9 Å². The number of hydrogen-bond donors (Lipinski definition) is 0. The molecule has 2 aliphatic rings. The summed E-state index contributed by atoms with van der Waals surface area (Å²) in [6, 6.07) is 1.78. The highest BCUT2D eigenvalue weighted by Crippen LogP contribution is 2.32. The van der Waals surface area contributed by atoms with Crippen molar-refractivity contribution in [1.29, 1.82) is 0 Å². The summed E-state index contributed by atoms with van der Waals surface area (Å²) in [4.78, 5) is 14.6. The number of hydrogen-bond acceptors (Lipinski definition) is 4. The highest BCUT2D eigenvalue weighted by molar-refractivity contribution is 7.88. The van der Waals surface area contributed by atoms with Crippen molar-refractivity contribution < 1.29 is 13.2 Å². The number of aryl methyl sites for hydroxylation is 1. The van der Waals surface area contributed by atoms with E-state index < -0.39 is 10.0 Å². The summed E-state index contributed by atoms with van der Waals surface area (Å²) in [6.45, 7) is 5.44. The summed E-state index contributed by atoms with van der Waals surface area (Å²) in [6.07, 6.45) is 5.75. The van der Waals surface area contributed by atoms with Gasteiger partial charge in [0.15, 0.2) is 0 Å². The first-order valence-electron chi connectivity index (χ1n) is 8.66. The minimum absolute atomic E-state index is 0.0606. The van der Waals surface area contributed by atoms with Crippen molar-refractivity contribution in [2.75, 3.05) is 32.4 Å². The Morgan fingerprint density at radius 2 is 1.88 bits per heavy atom. The molecule has 1 aromatic heterocycles. The van der Waals surface area contributed by atoms with E-state index in [1.54, 1.807) is 21.3 Å². The number of aromatic nitrogens is 2. The SMILES string of the molecule is CCn1nccc1C(=O)N1CCC(C2CCN(S(C)(=O)=O)CC2)C1. The van der Waals surface area contributed by atoms with Crippen molar-refractivity contribution >= 4 is 15.9 Å². The normalized spacial score (nSPS) is 23.8. The van der Waals surface area contributed by atoms with E-state index >= 15 is 0 Å². The first kappa shape index (κ1) is 17.4. The zero-order valence-corrected chi connectivity index (χ0v) is 15.2. The lowest BCUT2D eigenvalue weighted by atomic mass is 9.84. The third-order valence-corrected chi connectivity index (χ3v) is 6.68. The number of carbonyl (C=O) groups excluding carboxylic acids is 1. The number of piperidine rings is 1. The van der Waals surface area contributed by atoms with Crippen molar-refractivity contribution in [2.24, 2.45) is 11.8 Å². The molecule has 1 amide bonds. The fourth-order valence-corrected chi connectivity index (χ4v) is 4.84. The van der Waals surface area contributed by atoms with E-state index in [9.17, 15) is 13.2 Å². The molecule has 1 atom stereocenters. The second-order valence-electron chi connectivity index (χ2n) is 6.83. The molecule has 0 aromatic carbocycles. The van der Waals surface area contributed by atoms with E-state index in [4.69, 9.17) is 0 Å². The third kappa shape index (κ3) is 3.49. The van der Waals surface area contributed by atoms with E-state index in [2.05, 4.69) is 5.10 Å². The zero-order chi connectivity index (χ0) is 17.3. The number of amides is 1. The van der Waals surface area contributed by atoms with Gasteiger partial charge in [-0.3, -0.25) is 9.48 Å². The average Bonchev–Trinajstić information content (AvgIpc) is 3.22. The maximum Gasteiger partial charge on any atom is 0.272 e. The molecule has 1 aromatic rings. The number of carbonyl (C=O) groups is 1. The molecule has 3 heterocycles. The van der Waals surface area contributed by atoms with Gasteiger partial charge < -0.3 is 4.90 Å². The van der Waals surface area contributed by atoms with Crippen LogP contribution in [0.15, 0.2) is 12.3 Å². The maximum atomic E-state index is 12.7. The Labute approximate surface area is 143 Å². The van der Waals surface area contributed by atoms with Gasteiger partial charge in [0.1, 0.15) is 5.69 Å². The monoisotopic (exact) mass is 354 g/mol. The summed E-state index contributed by atoms with van der Waals surface area (Å²) >= 11 is 0. The molecule has 0 aliphatic carbocycles. The lowest BCUT2D eigenvalue weighted by molar-refractivity contribution is 0.0766. The van der Waals surface area contributed by atoms with Crippen LogP contribution in [0.5, 0.6) is 0 Å². The van der Waals surface area contributed by atoms with Gasteiger partial charge in [-0.2, -0.15) is 5.10 Å². The molecule has 0 spiro atoms. The molecule has 1 unspecified atom stereocenters. The lowest BCUT2D eigenvalue weighted by Gasteiger charge is -2.33. The largest absolute Gasteiger partial charge is 0.337 e. The van der Waals surface area contributed by atoms with Gasteiger partial charge in [0.2, 0.25) is 10.0 Å². The van der Waals surface area contributed by atoms with Crippen molar-refractivity contribution in [1.82, 2.24) is 19.0 Å². The van der Waals surface area contributed by atoms with Crippen LogP contribution in [0, 0.1) is 11.8 Å². The third-order valence-electron chi connectivity index (χ3n) is 5.38.